The van der Waals surface area contributed by atoms with Crippen LogP contribution in [0.25, 0.3) is 11.0 Å². The normalized spacial score (nSPS) is 10.7. The molecule has 98 valence electrons. The third kappa shape index (κ3) is 2.04. The Morgan fingerprint density at radius 3 is 2.80 bits per heavy atom. The molecule has 0 aliphatic rings. The lowest BCUT2D eigenvalue weighted by Crippen LogP contribution is -2.02. The maximum absolute atomic E-state index is 9.10. The number of imidazole rings is 1. The summed E-state index contributed by atoms with van der Waals surface area (Å²) >= 11 is 0. The molecule has 0 bridgehead atoms. The Kier molecular flexibility index (Phi) is 2.96. The van der Waals surface area contributed by atoms with E-state index in [9.17, 15) is 0 Å². The Labute approximate surface area is 117 Å². The lowest BCUT2D eigenvalue weighted by Gasteiger charge is -2.07. The Balaban J connectivity index is 2.08. The molecule has 0 atom stereocenters. The molecule has 0 aliphatic carbocycles. The molecule has 0 N–H and O–H groups in total. The lowest BCUT2D eigenvalue weighted by molar-refractivity contribution is 0.816. The van der Waals surface area contributed by atoms with E-state index < -0.39 is 0 Å². The lowest BCUT2D eigenvalue weighted by atomic mass is 10.1. The number of aryl methyl sites for hydroxylation is 2. The first-order valence-corrected chi connectivity index (χ1v) is 6.45. The molecule has 4 nitrogen and oxygen atoms in total. The summed E-state index contributed by atoms with van der Waals surface area (Å²) in [5.74, 6) is 0. The monoisotopic (exact) mass is 262 g/mol. The molecule has 2 heterocycles. The maximum Gasteiger partial charge on any atom is 0.145 e. The highest BCUT2D eigenvalue weighted by Crippen LogP contribution is 2.19. The summed E-state index contributed by atoms with van der Waals surface area (Å²) in [6.45, 7) is 4.79. The first-order chi connectivity index (χ1) is 9.69. The first-order valence-electron chi connectivity index (χ1n) is 6.45. The number of rotatable bonds is 2. The number of nitrogens with zero attached hydrogens (tertiary/aromatic N) is 4. The molecule has 2 aromatic heterocycles. The molecule has 20 heavy (non-hydrogen) atoms. The van der Waals surface area contributed by atoms with Crippen molar-refractivity contribution in [3.63, 3.8) is 0 Å². The van der Waals surface area contributed by atoms with Gasteiger partial charge in [0.2, 0.25) is 0 Å². The van der Waals surface area contributed by atoms with Crippen molar-refractivity contribution in [2.45, 2.75) is 20.4 Å². The second-order valence-corrected chi connectivity index (χ2v) is 4.92. The van der Waals surface area contributed by atoms with Crippen molar-refractivity contribution in [1.82, 2.24) is 14.5 Å². The molecule has 0 saturated carbocycles. The minimum absolute atomic E-state index is 0.471. The third-order valence-electron chi connectivity index (χ3n) is 3.57. The van der Waals surface area contributed by atoms with E-state index in [1.165, 1.54) is 11.1 Å². The van der Waals surface area contributed by atoms with Gasteiger partial charge in [0.1, 0.15) is 11.8 Å². The van der Waals surface area contributed by atoms with E-state index in [0.717, 1.165) is 16.6 Å². The van der Waals surface area contributed by atoms with Gasteiger partial charge in [-0.05, 0) is 43.2 Å². The van der Waals surface area contributed by atoms with Gasteiger partial charge in [-0.2, -0.15) is 5.26 Å². The van der Waals surface area contributed by atoms with Crippen molar-refractivity contribution in [3.05, 3.63) is 59.2 Å². The van der Waals surface area contributed by atoms with Crippen molar-refractivity contribution in [2.75, 3.05) is 0 Å². The first kappa shape index (κ1) is 12.4. The number of fused-ring (bicyclic) bond motifs is 1. The van der Waals surface area contributed by atoms with Crippen LogP contribution in [0, 0.1) is 25.2 Å². The zero-order valence-corrected chi connectivity index (χ0v) is 11.5. The van der Waals surface area contributed by atoms with Gasteiger partial charge in [-0.25, -0.2) is 9.97 Å². The largest absolute Gasteiger partial charge is 0.326 e. The number of pyridine rings is 1. The molecule has 3 aromatic rings. The van der Waals surface area contributed by atoms with Crippen LogP contribution in [0.2, 0.25) is 0 Å². The molecule has 0 spiro atoms. The molecule has 3 rings (SSSR count). The topological polar surface area (TPSA) is 54.5 Å². The van der Waals surface area contributed by atoms with E-state index in [1.54, 1.807) is 6.20 Å². The van der Waals surface area contributed by atoms with Crippen molar-refractivity contribution in [1.29, 1.82) is 5.26 Å². The molecule has 0 radical (unpaired) electrons. The van der Waals surface area contributed by atoms with Crippen molar-refractivity contribution >= 4 is 11.0 Å². The van der Waals surface area contributed by atoms with Crippen molar-refractivity contribution in [3.8, 4) is 6.07 Å². The number of hydrogen-bond acceptors (Lipinski definition) is 3. The van der Waals surface area contributed by atoms with Crippen LogP contribution < -0.4 is 0 Å². The van der Waals surface area contributed by atoms with Gasteiger partial charge in [0.25, 0.3) is 0 Å². The van der Waals surface area contributed by atoms with Crippen LogP contribution in [0.3, 0.4) is 0 Å². The van der Waals surface area contributed by atoms with Gasteiger partial charge >= 0.3 is 0 Å². The van der Waals surface area contributed by atoms with Crippen LogP contribution in [0.5, 0.6) is 0 Å². The third-order valence-corrected chi connectivity index (χ3v) is 3.57. The molecule has 0 fully saturated rings. The van der Waals surface area contributed by atoms with E-state index in [1.807, 2.05) is 18.5 Å². The fourth-order valence-corrected chi connectivity index (χ4v) is 2.29. The van der Waals surface area contributed by atoms with Crippen LogP contribution in [-0.4, -0.2) is 14.5 Å². The molecule has 0 unspecified atom stereocenters. The van der Waals surface area contributed by atoms with Crippen LogP contribution in [0.1, 0.15) is 22.4 Å². The van der Waals surface area contributed by atoms with E-state index in [0.29, 0.717) is 12.2 Å². The average Bonchev–Trinajstić information content (AvgIpc) is 2.82. The summed E-state index contributed by atoms with van der Waals surface area (Å²) in [4.78, 5) is 8.53. The highest BCUT2D eigenvalue weighted by molar-refractivity contribution is 5.77. The van der Waals surface area contributed by atoms with Gasteiger partial charge < -0.3 is 4.57 Å². The van der Waals surface area contributed by atoms with Crippen LogP contribution in [-0.2, 0) is 6.54 Å². The number of hydrogen-bond donors (Lipinski definition) is 0. The van der Waals surface area contributed by atoms with Gasteiger partial charge in [-0.1, -0.05) is 6.07 Å². The molecule has 0 amide bonds. The number of benzene rings is 1. The van der Waals surface area contributed by atoms with Crippen molar-refractivity contribution < 1.29 is 0 Å². The number of nitriles is 1. The second-order valence-electron chi connectivity index (χ2n) is 4.92. The smallest absolute Gasteiger partial charge is 0.145 e. The van der Waals surface area contributed by atoms with E-state index in [-0.39, 0.29) is 0 Å². The van der Waals surface area contributed by atoms with E-state index in [2.05, 4.69) is 46.6 Å². The fraction of sp³-hybridized carbons (Fsp3) is 0.188. The van der Waals surface area contributed by atoms with E-state index >= 15 is 0 Å². The summed E-state index contributed by atoms with van der Waals surface area (Å²) in [7, 11) is 0. The minimum atomic E-state index is 0.471. The predicted octanol–water partition coefficient (Wildman–Crippen LogP) is 2.97. The molecule has 0 saturated heterocycles. The second kappa shape index (κ2) is 4.78. The summed E-state index contributed by atoms with van der Waals surface area (Å²) in [5, 5.41) is 9.10. The molecule has 0 aliphatic heterocycles. The van der Waals surface area contributed by atoms with E-state index in [4.69, 9.17) is 5.26 Å². The Hall–Kier alpha value is -2.67. The van der Waals surface area contributed by atoms with Gasteiger partial charge in [-0.3, -0.25) is 0 Å². The fourth-order valence-electron chi connectivity index (χ4n) is 2.29. The zero-order valence-electron chi connectivity index (χ0n) is 11.5. The summed E-state index contributed by atoms with van der Waals surface area (Å²) in [6, 6.07) is 10.1. The Morgan fingerprint density at radius 1 is 1.20 bits per heavy atom. The van der Waals surface area contributed by atoms with Crippen LogP contribution in [0.4, 0.5) is 0 Å². The number of aromatic nitrogens is 3. The van der Waals surface area contributed by atoms with Crippen molar-refractivity contribution in [2.24, 2.45) is 0 Å². The quantitative estimate of drug-likeness (QED) is 0.713. The summed E-state index contributed by atoms with van der Waals surface area (Å²) in [5.41, 5.74) is 5.93. The summed E-state index contributed by atoms with van der Waals surface area (Å²) < 4.78 is 2.06. The predicted molar refractivity (Wildman–Crippen MR) is 77.3 cm³/mol. The highest BCUT2D eigenvalue weighted by Gasteiger charge is 2.08. The standard InChI is InChI=1S/C16H14N4/c1-11-6-14-16(7-12(11)2)20(10-19-14)9-13-4-3-5-18-15(13)8-17/h3-7,10H,9H2,1-2H3. The van der Waals surface area contributed by atoms with Crippen LogP contribution >= 0.6 is 0 Å². The zero-order chi connectivity index (χ0) is 14.1. The van der Waals surface area contributed by atoms with Crippen LogP contribution in [0.15, 0.2) is 36.8 Å². The molecule has 1 aromatic carbocycles. The van der Waals surface area contributed by atoms with Gasteiger partial charge in [-0.15, -0.1) is 0 Å². The SMILES string of the molecule is Cc1cc2ncn(Cc3cccnc3C#N)c2cc1C. The Morgan fingerprint density at radius 2 is 2.00 bits per heavy atom. The summed E-state index contributed by atoms with van der Waals surface area (Å²) in [6.07, 6.45) is 3.46. The van der Waals surface area contributed by atoms with Gasteiger partial charge in [0.05, 0.1) is 23.9 Å². The van der Waals surface area contributed by atoms with Gasteiger partial charge in [0.15, 0.2) is 0 Å². The highest BCUT2D eigenvalue weighted by atomic mass is 15.0. The Bertz CT molecular complexity index is 824. The molecular weight excluding hydrogens is 248 g/mol. The minimum Gasteiger partial charge on any atom is -0.326 e. The molecule has 4 heteroatoms. The maximum atomic E-state index is 9.10. The average molecular weight is 262 g/mol. The van der Waals surface area contributed by atoms with Gasteiger partial charge in [0, 0.05) is 11.8 Å². The molecular formula is C16H14N4.